The smallest absolute Gasteiger partial charge is 0.234 e. The number of methoxy groups -OCH3 is 2. The predicted molar refractivity (Wildman–Crippen MR) is 120 cm³/mol. The van der Waals surface area contributed by atoms with Gasteiger partial charge in [0.15, 0.2) is 4.34 Å². The first-order chi connectivity index (χ1) is 14.7. The van der Waals surface area contributed by atoms with Gasteiger partial charge in [-0.25, -0.2) is 0 Å². The predicted octanol–water partition coefficient (Wildman–Crippen LogP) is 4.24. The van der Waals surface area contributed by atoms with Crippen LogP contribution in [0.3, 0.4) is 0 Å². The normalized spacial score (nSPS) is 11.1. The maximum atomic E-state index is 12.5. The molecule has 0 atom stereocenters. The highest BCUT2D eigenvalue weighted by Crippen LogP contribution is 2.36. The number of nitrogens with one attached hydrogen (secondary N) is 2. The summed E-state index contributed by atoms with van der Waals surface area (Å²) in [5.74, 6) is 0.611. The SMILES string of the molecule is COCCNc1nnc(SCC(=O)Nc2cc3oc4ccccc4c3cc2OC)s1. The molecule has 0 bridgehead atoms. The number of benzene rings is 2. The van der Waals surface area contributed by atoms with Crippen molar-refractivity contribution in [2.75, 3.05) is 43.8 Å². The highest BCUT2D eigenvalue weighted by molar-refractivity contribution is 8.01. The fourth-order valence-corrected chi connectivity index (χ4v) is 4.51. The zero-order valence-corrected chi connectivity index (χ0v) is 18.1. The Morgan fingerprint density at radius 1 is 1.17 bits per heavy atom. The van der Waals surface area contributed by atoms with Crippen LogP contribution in [0.4, 0.5) is 10.8 Å². The standard InChI is InChI=1S/C20H20N4O4S2/c1-26-8-7-21-19-23-24-20(30-19)29-11-18(25)22-14-10-16-13(9-17(14)27-2)12-5-3-4-6-15(12)28-16/h3-6,9-10H,7-8,11H2,1-2H3,(H,21,23)(H,22,25). The number of hydrogen-bond acceptors (Lipinski definition) is 9. The lowest BCUT2D eigenvalue weighted by Crippen LogP contribution is -2.14. The topological polar surface area (TPSA) is 98.5 Å². The van der Waals surface area contributed by atoms with Gasteiger partial charge in [-0.3, -0.25) is 4.79 Å². The minimum absolute atomic E-state index is 0.169. The number of carbonyl (C=O) groups excluding carboxylic acids is 1. The van der Waals surface area contributed by atoms with Gasteiger partial charge in [0.2, 0.25) is 11.0 Å². The van der Waals surface area contributed by atoms with Gasteiger partial charge >= 0.3 is 0 Å². The molecule has 0 aliphatic heterocycles. The van der Waals surface area contributed by atoms with Gasteiger partial charge in [0, 0.05) is 30.5 Å². The molecule has 4 aromatic rings. The highest BCUT2D eigenvalue weighted by Gasteiger charge is 2.15. The first kappa shape index (κ1) is 20.5. The molecule has 0 aliphatic rings. The zero-order valence-electron chi connectivity index (χ0n) is 16.4. The Bertz CT molecular complexity index is 1170. The molecule has 0 saturated carbocycles. The molecule has 1 amide bonds. The van der Waals surface area contributed by atoms with E-state index in [1.165, 1.54) is 23.1 Å². The van der Waals surface area contributed by atoms with Crippen molar-refractivity contribution in [1.29, 1.82) is 0 Å². The number of furan rings is 1. The van der Waals surface area contributed by atoms with E-state index < -0.39 is 0 Å². The van der Waals surface area contributed by atoms with Crippen LogP contribution in [0.15, 0.2) is 45.2 Å². The van der Waals surface area contributed by atoms with Crippen molar-refractivity contribution in [3.63, 3.8) is 0 Å². The summed E-state index contributed by atoms with van der Waals surface area (Å²) in [6, 6.07) is 11.5. The number of rotatable bonds is 9. The van der Waals surface area contributed by atoms with E-state index in [0.29, 0.717) is 39.6 Å². The lowest BCUT2D eigenvalue weighted by molar-refractivity contribution is -0.113. The second-order valence-electron chi connectivity index (χ2n) is 6.28. The van der Waals surface area contributed by atoms with Gasteiger partial charge < -0.3 is 24.5 Å². The summed E-state index contributed by atoms with van der Waals surface area (Å²) in [5.41, 5.74) is 2.05. The molecular formula is C20H20N4O4S2. The summed E-state index contributed by atoms with van der Waals surface area (Å²) < 4.78 is 17.1. The average Bonchev–Trinajstić information content (AvgIpc) is 3.35. The molecule has 0 unspecified atom stereocenters. The van der Waals surface area contributed by atoms with E-state index >= 15 is 0 Å². The van der Waals surface area contributed by atoms with Gasteiger partial charge in [-0.15, -0.1) is 10.2 Å². The van der Waals surface area contributed by atoms with Crippen molar-refractivity contribution in [3.05, 3.63) is 36.4 Å². The van der Waals surface area contributed by atoms with Crippen LogP contribution in [-0.4, -0.2) is 49.2 Å². The monoisotopic (exact) mass is 444 g/mol. The van der Waals surface area contributed by atoms with Gasteiger partial charge in [0.25, 0.3) is 0 Å². The van der Waals surface area contributed by atoms with Crippen LogP contribution in [0, 0.1) is 0 Å². The molecule has 2 heterocycles. The third-order valence-corrected chi connectivity index (χ3v) is 6.30. The Hall–Kier alpha value is -2.82. The maximum absolute atomic E-state index is 12.5. The molecule has 4 rings (SSSR count). The lowest BCUT2D eigenvalue weighted by atomic mass is 10.1. The summed E-state index contributed by atoms with van der Waals surface area (Å²) in [6.45, 7) is 1.24. The van der Waals surface area contributed by atoms with Crippen molar-refractivity contribution >= 4 is 61.8 Å². The van der Waals surface area contributed by atoms with Gasteiger partial charge in [-0.1, -0.05) is 41.3 Å². The van der Waals surface area contributed by atoms with Gasteiger partial charge in [0.1, 0.15) is 16.9 Å². The van der Waals surface area contributed by atoms with E-state index in [-0.39, 0.29) is 11.7 Å². The van der Waals surface area contributed by atoms with Crippen LogP contribution < -0.4 is 15.4 Å². The molecule has 0 fully saturated rings. The van der Waals surface area contributed by atoms with E-state index in [4.69, 9.17) is 13.9 Å². The average molecular weight is 445 g/mol. The zero-order chi connectivity index (χ0) is 20.9. The molecule has 30 heavy (non-hydrogen) atoms. The van der Waals surface area contributed by atoms with Crippen molar-refractivity contribution in [3.8, 4) is 5.75 Å². The first-order valence-corrected chi connectivity index (χ1v) is 11.0. The molecule has 0 saturated heterocycles. The molecule has 0 radical (unpaired) electrons. The number of fused-ring (bicyclic) bond motifs is 3. The van der Waals surface area contributed by atoms with E-state index in [9.17, 15) is 4.79 Å². The van der Waals surface area contributed by atoms with Crippen molar-refractivity contribution in [2.45, 2.75) is 4.34 Å². The summed E-state index contributed by atoms with van der Waals surface area (Å²) >= 11 is 2.72. The van der Waals surface area contributed by atoms with E-state index in [1.807, 2.05) is 30.3 Å². The van der Waals surface area contributed by atoms with Gasteiger partial charge in [-0.05, 0) is 12.1 Å². The summed E-state index contributed by atoms with van der Waals surface area (Å²) in [5, 5.41) is 16.8. The first-order valence-electron chi connectivity index (χ1n) is 9.16. The lowest BCUT2D eigenvalue weighted by Gasteiger charge is -2.10. The third kappa shape index (κ3) is 4.50. The Labute approximate surface area is 180 Å². The third-order valence-electron chi connectivity index (χ3n) is 4.29. The van der Waals surface area contributed by atoms with Gasteiger partial charge in [-0.2, -0.15) is 0 Å². The number of ether oxygens (including phenoxy) is 2. The van der Waals surface area contributed by atoms with Crippen LogP contribution in [0.2, 0.25) is 0 Å². The molecule has 10 heteroatoms. The van der Waals surface area contributed by atoms with Crippen molar-refractivity contribution < 1.29 is 18.7 Å². The van der Waals surface area contributed by atoms with Crippen LogP contribution in [-0.2, 0) is 9.53 Å². The largest absolute Gasteiger partial charge is 0.495 e. The van der Waals surface area contributed by atoms with Crippen LogP contribution in [0.5, 0.6) is 5.75 Å². The number of hydrogen-bond donors (Lipinski definition) is 2. The highest BCUT2D eigenvalue weighted by atomic mass is 32.2. The Balaban J connectivity index is 1.43. The van der Waals surface area contributed by atoms with Gasteiger partial charge in [0.05, 0.1) is 25.2 Å². The number of carbonyl (C=O) groups is 1. The summed E-state index contributed by atoms with van der Waals surface area (Å²) in [6.07, 6.45) is 0. The second-order valence-corrected chi connectivity index (χ2v) is 8.48. The molecule has 8 nitrogen and oxygen atoms in total. The Kier molecular flexibility index (Phi) is 6.36. The second kappa shape index (κ2) is 9.33. The number of nitrogens with zero attached hydrogens (tertiary/aromatic N) is 2. The Morgan fingerprint density at radius 3 is 2.87 bits per heavy atom. The van der Waals surface area contributed by atoms with E-state index in [1.54, 1.807) is 20.3 Å². The Morgan fingerprint density at radius 2 is 2.03 bits per heavy atom. The number of anilines is 2. The summed E-state index contributed by atoms with van der Waals surface area (Å²) in [7, 11) is 3.22. The van der Waals surface area contributed by atoms with E-state index in [0.717, 1.165) is 16.4 Å². The summed E-state index contributed by atoms with van der Waals surface area (Å²) in [4.78, 5) is 12.5. The fraction of sp³-hybridized carbons (Fsp3) is 0.250. The number of thioether (sulfide) groups is 1. The van der Waals surface area contributed by atoms with Crippen LogP contribution >= 0.6 is 23.1 Å². The molecule has 0 aliphatic carbocycles. The fourth-order valence-electron chi connectivity index (χ4n) is 2.93. The van der Waals surface area contributed by atoms with E-state index in [2.05, 4.69) is 20.8 Å². The molecule has 156 valence electrons. The minimum atomic E-state index is -0.169. The van der Waals surface area contributed by atoms with Crippen molar-refractivity contribution in [2.24, 2.45) is 0 Å². The number of para-hydroxylation sites is 1. The van der Waals surface area contributed by atoms with Crippen molar-refractivity contribution in [1.82, 2.24) is 10.2 Å². The number of aromatic nitrogens is 2. The molecule has 2 aromatic carbocycles. The molecule has 2 aromatic heterocycles. The minimum Gasteiger partial charge on any atom is -0.495 e. The molecule has 0 spiro atoms. The van der Waals surface area contributed by atoms with Crippen LogP contribution in [0.1, 0.15) is 0 Å². The quantitative estimate of drug-likeness (QED) is 0.292. The maximum Gasteiger partial charge on any atom is 0.234 e. The molecule has 2 N–H and O–H groups in total. The molecular weight excluding hydrogens is 424 g/mol. The number of amides is 1. The van der Waals surface area contributed by atoms with Crippen LogP contribution in [0.25, 0.3) is 21.9 Å².